The van der Waals surface area contributed by atoms with Gasteiger partial charge in [0.05, 0.1) is 5.92 Å². The number of nitrogens with one attached hydrogen (secondary N) is 1. The highest BCUT2D eigenvalue weighted by atomic mass is 16.3. The number of carbonyl (C=O) groups is 1. The molecule has 1 aromatic carbocycles. The van der Waals surface area contributed by atoms with E-state index in [0.29, 0.717) is 13.0 Å². The smallest absolute Gasteiger partial charge is 0.227 e. The monoisotopic (exact) mass is 275 g/mol. The normalized spacial score (nSPS) is 18.4. The third-order valence-corrected chi connectivity index (χ3v) is 4.22. The first kappa shape index (κ1) is 15.0. The zero-order valence-electron chi connectivity index (χ0n) is 12.5. The molecule has 1 aromatic rings. The molecule has 20 heavy (non-hydrogen) atoms. The van der Waals surface area contributed by atoms with E-state index in [1.54, 1.807) is 0 Å². The van der Waals surface area contributed by atoms with Crippen LogP contribution in [-0.4, -0.2) is 24.2 Å². The van der Waals surface area contributed by atoms with Gasteiger partial charge in [-0.05, 0) is 42.2 Å². The van der Waals surface area contributed by atoms with E-state index in [9.17, 15) is 4.79 Å². The summed E-state index contributed by atoms with van der Waals surface area (Å²) >= 11 is 0. The van der Waals surface area contributed by atoms with E-state index < -0.39 is 0 Å². The SMILES string of the molecule is CC(C)(CCO)CNC(=O)C1CCCc2ccccc21. The van der Waals surface area contributed by atoms with Gasteiger partial charge in [-0.3, -0.25) is 4.79 Å². The van der Waals surface area contributed by atoms with E-state index in [1.165, 1.54) is 11.1 Å². The second kappa shape index (κ2) is 6.40. The van der Waals surface area contributed by atoms with Crippen LogP contribution >= 0.6 is 0 Å². The lowest BCUT2D eigenvalue weighted by Gasteiger charge is -2.28. The molecule has 0 fully saturated rings. The summed E-state index contributed by atoms with van der Waals surface area (Å²) in [7, 11) is 0. The summed E-state index contributed by atoms with van der Waals surface area (Å²) in [4.78, 5) is 12.4. The minimum absolute atomic E-state index is 0.00937. The number of amides is 1. The Hall–Kier alpha value is -1.35. The van der Waals surface area contributed by atoms with E-state index >= 15 is 0 Å². The first-order valence-electron chi connectivity index (χ1n) is 7.50. The number of aliphatic hydroxyl groups is 1. The predicted octanol–water partition coefficient (Wildman–Crippen LogP) is 2.63. The van der Waals surface area contributed by atoms with Crippen molar-refractivity contribution in [2.75, 3.05) is 13.2 Å². The van der Waals surface area contributed by atoms with Crippen LogP contribution in [0.5, 0.6) is 0 Å². The van der Waals surface area contributed by atoms with Crippen LogP contribution < -0.4 is 5.32 Å². The average Bonchev–Trinajstić information content (AvgIpc) is 2.44. The highest BCUT2D eigenvalue weighted by molar-refractivity contribution is 5.84. The molecule has 2 rings (SSSR count). The number of benzene rings is 1. The van der Waals surface area contributed by atoms with Crippen LogP contribution in [0.4, 0.5) is 0 Å². The van der Waals surface area contributed by atoms with Gasteiger partial charge >= 0.3 is 0 Å². The fourth-order valence-corrected chi connectivity index (χ4v) is 2.87. The molecule has 0 spiro atoms. The number of fused-ring (bicyclic) bond motifs is 1. The molecule has 0 bridgehead atoms. The van der Waals surface area contributed by atoms with Crippen molar-refractivity contribution in [2.24, 2.45) is 5.41 Å². The third-order valence-electron chi connectivity index (χ3n) is 4.22. The molecule has 0 aliphatic heterocycles. The molecule has 1 atom stereocenters. The Kier molecular flexibility index (Phi) is 4.81. The lowest BCUT2D eigenvalue weighted by molar-refractivity contribution is -0.123. The maximum Gasteiger partial charge on any atom is 0.227 e. The van der Waals surface area contributed by atoms with Crippen molar-refractivity contribution in [3.05, 3.63) is 35.4 Å². The summed E-state index contributed by atoms with van der Waals surface area (Å²) < 4.78 is 0. The van der Waals surface area contributed by atoms with E-state index in [4.69, 9.17) is 5.11 Å². The second-order valence-corrected chi connectivity index (χ2v) is 6.50. The standard InChI is InChI=1S/C17H25NO2/c1-17(2,10-11-19)12-18-16(20)15-9-5-7-13-6-3-4-8-14(13)15/h3-4,6,8,15,19H,5,7,9-12H2,1-2H3,(H,18,20). The van der Waals surface area contributed by atoms with E-state index in [0.717, 1.165) is 19.3 Å². The fraction of sp³-hybridized carbons (Fsp3) is 0.588. The summed E-state index contributed by atoms with van der Waals surface area (Å²) in [5.74, 6) is 0.119. The fourth-order valence-electron chi connectivity index (χ4n) is 2.87. The van der Waals surface area contributed by atoms with Gasteiger partial charge in [-0.25, -0.2) is 0 Å². The molecule has 3 nitrogen and oxygen atoms in total. The number of aryl methyl sites for hydroxylation is 1. The van der Waals surface area contributed by atoms with Crippen molar-refractivity contribution in [3.8, 4) is 0 Å². The molecule has 110 valence electrons. The quantitative estimate of drug-likeness (QED) is 0.868. The minimum Gasteiger partial charge on any atom is -0.396 e. The lowest BCUT2D eigenvalue weighted by atomic mass is 9.82. The second-order valence-electron chi connectivity index (χ2n) is 6.50. The highest BCUT2D eigenvalue weighted by Crippen LogP contribution is 2.31. The van der Waals surface area contributed by atoms with Gasteiger partial charge in [0.25, 0.3) is 0 Å². The Bertz CT molecular complexity index is 468. The van der Waals surface area contributed by atoms with Crippen LogP contribution in [0.1, 0.15) is 50.2 Å². The first-order chi connectivity index (χ1) is 9.53. The molecular weight excluding hydrogens is 250 g/mol. The molecule has 0 saturated carbocycles. The van der Waals surface area contributed by atoms with Crippen LogP contribution in [0.2, 0.25) is 0 Å². The number of carbonyl (C=O) groups excluding carboxylic acids is 1. The van der Waals surface area contributed by atoms with Crippen LogP contribution in [0.15, 0.2) is 24.3 Å². The van der Waals surface area contributed by atoms with Gasteiger partial charge < -0.3 is 10.4 Å². The van der Waals surface area contributed by atoms with E-state index in [2.05, 4.69) is 31.3 Å². The molecule has 1 amide bonds. The van der Waals surface area contributed by atoms with Gasteiger partial charge in [0.2, 0.25) is 5.91 Å². The molecule has 0 aromatic heterocycles. The van der Waals surface area contributed by atoms with Gasteiger partial charge in [0.1, 0.15) is 0 Å². The van der Waals surface area contributed by atoms with Crippen LogP contribution in [0, 0.1) is 5.41 Å². The molecule has 1 unspecified atom stereocenters. The van der Waals surface area contributed by atoms with Crippen LogP contribution in [0.25, 0.3) is 0 Å². The van der Waals surface area contributed by atoms with Gasteiger partial charge in [-0.2, -0.15) is 0 Å². The van der Waals surface area contributed by atoms with Crippen molar-refractivity contribution in [1.82, 2.24) is 5.32 Å². The van der Waals surface area contributed by atoms with Crippen LogP contribution in [-0.2, 0) is 11.2 Å². The zero-order valence-corrected chi connectivity index (χ0v) is 12.5. The number of hydrogen-bond donors (Lipinski definition) is 2. The van der Waals surface area contributed by atoms with Crippen LogP contribution in [0.3, 0.4) is 0 Å². The van der Waals surface area contributed by atoms with Crippen molar-refractivity contribution in [3.63, 3.8) is 0 Å². The summed E-state index contributed by atoms with van der Waals surface area (Å²) in [6.45, 7) is 4.91. The Labute approximate surface area is 121 Å². The number of rotatable bonds is 5. The van der Waals surface area contributed by atoms with E-state index in [1.807, 2.05) is 12.1 Å². The molecular formula is C17H25NO2. The first-order valence-corrected chi connectivity index (χ1v) is 7.50. The average molecular weight is 275 g/mol. The van der Waals surface area contributed by atoms with Crippen molar-refractivity contribution < 1.29 is 9.90 Å². The van der Waals surface area contributed by atoms with Gasteiger partial charge in [0, 0.05) is 13.2 Å². The highest BCUT2D eigenvalue weighted by Gasteiger charge is 2.27. The molecule has 1 aliphatic carbocycles. The molecule has 0 saturated heterocycles. The van der Waals surface area contributed by atoms with Crippen molar-refractivity contribution in [2.45, 2.75) is 45.4 Å². The molecule has 2 N–H and O–H groups in total. The maximum absolute atomic E-state index is 12.4. The topological polar surface area (TPSA) is 49.3 Å². The maximum atomic E-state index is 12.4. The van der Waals surface area contributed by atoms with Crippen molar-refractivity contribution >= 4 is 5.91 Å². The lowest BCUT2D eigenvalue weighted by Crippen LogP contribution is -2.38. The number of hydrogen-bond acceptors (Lipinski definition) is 2. The zero-order chi connectivity index (χ0) is 14.6. The summed E-state index contributed by atoms with van der Waals surface area (Å²) in [5.41, 5.74) is 2.45. The Morgan fingerprint density at radius 2 is 2.15 bits per heavy atom. The summed E-state index contributed by atoms with van der Waals surface area (Å²) in [6, 6.07) is 8.27. The summed E-state index contributed by atoms with van der Waals surface area (Å²) in [5, 5.41) is 12.1. The molecule has 0 heterocycles. The third kappa shape index (κ3) is 3.60. The van der Waals surface area contributed by atoms with Gasteiger partial charge in [0.15, 0.2) is 0 Å². The Balaban J connectivity index is 2.01. The molecule has 0 radical (unpaired) electrons. The number of aliphatic hydroxyl groups excluding tert-OH is 1. The van der Waals surface area contributed by atoms with Gasteiger partial charge in [-0.15, -0.1) is 0 Å². The van der Waals surface area contributed by atoms with Crippen molar-refractivity contribution in [1.29, 1.82) is 0 Å². The summed E-state index contributed by atoms with van der Waals surface area (Å²) in [6.07, 6.45) is 3.79. The molecule has 3 heteroatoms. The Morgan fingerprint density at radius 1 is 1.40 bits per heavy atom. The predicted molar refractivity (Wildman–Crippen MR) is 80.6 cm³/mol. The largest absolute Gasteiger partial charge is 0.396 e. The van der Waals surface area contributed by atoms with E-state index in [-0.39, 0.29) is 23.8 Å². The van der Waals surface area contributed by atoms with Gasteiger partial charge in [-0.1, -0.05) is 38.1 Å². The minimum atomic E-state index is -0.0569. The Morgan fingerprint density at radius 3 is 2.90 bits per heavy atom. The molecule has 1 aliphatic rings.